The van der Waals surface area contributed by atoms with Gasteiger partial charge in [0.2, 0.25) is 0 Å². The first kappa shape index (κ1) is 12.2. The highest BCUT2D eigenvalue weighted by Crippen LogP contribution is 1.91. The summed E-state index contributed by atoms with van der Waals surface area (Å²) in [5.74, 6) is 0. The number of unbranched alkanes of at least 4 members (excludes halogenated alkanes) is 1. The van der Waals surface area contributed by atoms with Crippen molar-refractivity contribution in [2.24, 2.45) is 0 Å². The van der Waals surface area contributed by atoms with Gasteiger partial charge in [-0.2, -0.15) is 5.48 Å². The Hall–Kier alpha value is -0.770. The highest BCUT2D eigenvalue weighted by atomic mass is 16.7. The van der Waals surface area contributed by atoms with Crippen molar-refractivity contribution in [3.8, 4) is 0 Å². The number of carbonyl (C=O) groups excluding carboxylic acids is 1. The highest BCUT2D eigenvalue weighted by molar-refractivity contribution is 5.67. The number of carbonyl (C=O) groups is 1. The van der Waals surface area contributed by atoms with E-state index < -0.39 is 0 Å². The smallest absolute Gasteiger partial charge is 0.354 e. The van der Waals surface area contributed by atoms with E-state index in [0.717, 1.165) is 19.4 Å². The third-order valence-electron chi connectivity index (χ3n) is 1.81. The summed E-state index contributed by atoms with van der Waals surface area (Å²) in [5.41, 5.74) is 2.64. The first-order valence-electron chi connectivity index (χ1n) is 4.94. The molecule has 13 heavy (non-hydrogen) atoms. The SMILES string of the molecule is CCCCNOC(=O)N(CC)CC. The molecule has 0 radical (unpaired) electrons. The first-order chi connectivity index (χ1) is 6.26. The van der Waals surface area contributed by atoms with Crippen molar-refractivity contribution in [1.82, 2.24) is 10.4 Å². The molecular formula is C9H20N2O2. The lowest BCUT2D eigenvalue weighted by atomic mass is 10.3. The number of hydrogen-bond donors (Lipinski definition) is 1. The topological polar surface area (TPSA) is 41.6 Å². The molecule has 0 bridgehead atoms. The second-order valence-corrected chi connectivity index (χ2v) is 2.79. The van der Waals surface area contributed by atoms with Gasteiger partial charge in [-0.25, -0.2) is 4.79 Å². The maximum atomic E-state index is 11.2. The fourth-order valence-electron chi connectivity index (χ4n) is 0.908. The van der Waals surface area contributed by atoms with E-state index in [0.29, 0.717) is 13.1 Å². The Morgan fingerprint density at radius 1 is 1.31 bits per heavy atom. The predicted octanol–water partition coefficient (Wildman–Crippen LogP) is 1.77. The van der Waals surface area contributed by atoms with Crippen molar-refractivity contribution in [1.29, 1.82) is 0 Å². The van der Waals surface area contributed by atoms with E-state index in [4.69, 9.17) is 4.84 Å². The number of hydroxylamine groups is 1. The average molecular weight is 188 g/mol. The lowest BCUT2D eigenvalue weighted by molar-refractivity contribution is 0.0573. The van der Waals surface area contributed by atoms with Gasteiger partial charge in [-0.3, -0.25) is 0 Å². The molecule has 0 aromatic rings. The van der Waals surface area contributed by atoms with E-state index in [1.807, 2.05) is 13.8 Å². The molecule has 0 fully saturated rings. The summed E-state index contributed by atoms with van der Waals surface area (Å²) in [6, 6.07) is 0. The van der Waals surface area contributed by atoms with Crippen molar-refractivity contribution >= 4 is 6.09 Å². The van der Waals surface area contributed by atoms with E-state index in [1.165, 1.54) is 0 Å². The van der Waals surface area contributed by atoms with Gasteiger partial charge in [0.15, 0.2) is 0 Å². The number of hydrogen-bond acceptors (Lipinski definition) is 3. The Balaban J connectivity index is 3.48. The van der Waals surface area contributed by atoms with Crippen LogP contribution in [-0.4, -0.2) is 30.6 Å². The van der Waals surface area contributed by atoms with E-state index in [9.17, 15) is 4.79 Å². The normalized spacial score (nSPS) is 9.77. The second-order valence-electron chi connectivity index (χ2n) is 2.79. The minimum atomic E-state index is -0.291. The zero-order chi connectivity index (χ0) is 10.1. The van der Waals surface area contributed by atoms with Crippen LogP contribution in [0.4, 0.5) is 4.79 Å². The van der Waals surface area contributed by atoms with Crippen molar-refractivity contribution in [3.05, 3.63) is 0 Å². The monoisotopic (exact) mass is 188 g/mol. The highest BCUT2D eigenvalue weighted by Gasteiger charge is 2.09. The molecule has 0 saturated heterocycles. The Kier molecular flexibility index (Phi) is 7.39. The van der Waals surface area contributed by atoms with Gasteiger partial charge >= 0.3 is 6.09 Å². The molecule has 0 saturated carbocycles. The van der Waals surface area contributed by atoms with Crippen molar-refractivity contribution in [3.63, 3.8) is 0 Å². The number of rotatable bonds is 6. The molecule has 0 atom stereocenters. The lowest BCUT2D eigenvalue weighted by Crippen LogP contribution is -2.35. The Labute approximate surface area is 80.2 Å². The van der Waals surface area contributed by atoms with Gasteiger partial charge in [-0.15, -0.1) is 0 Å². The van der Waals surface area contributed by atoms with Crippen LogP contribution < -0.4 is 5.48 Å². The summed E-state index contributed by atoms with van der Waals surface area (Å²) in [6.45, 7) is 8.04. The summed E-state index contributed by atoms with van der Waals surface area (Å²) in [4.78, 5) is 17.7. The van der Waals surface area contributed by atoms with Gasteiger partial charge in [0, 0.05) is 19.6 Å². The van der Waals surface area contributed by atoms with E-state index >= 15 is 0 Å². The minimum Gasteiger partial charge on any atom is -0.354 e. The van der Waals surface area contributed by atoms with Crippen molar-refractivity contribution in [2.45, 2.75) is 33.6 Å². The number of nitrogens with one attached hydrogen (secondary N) is 1. The van der Waals surface area contributed by atoms with Crippen LogP contribution in [0.2, 0.25) is 0 Å². The zero-order valence-electron chi connectivity index (χ0n) is 8.80. The Morgan fingerprint density at radius 2 is 1.92 bits per heavy atom. The zero-order valence-corrected chi connectivity index (χ0v) is 8.80. The fourth-order valence-corrected chi connectivity index (χ4v) is 0.908. The van der Waals surface area contributed by atoms with Crippen molar-refractivity contribution in [2.75, 3.05) is 19.6 Å². The van der Waals surface area contributed by atoms with Crippen LogP contribution in [0.1, 0.15) is 33.6 Å². The molecule has 78 valence electrons. The van der Waals surface area contributed by atoms with Crippen LogP contribution in [0, 0.1) is 0 Å². The van der Waals surface area contributed by atoms with Crippen LogP contribution in [0.25, 0.3) is 0 Å². The molecule has 0 rings (SSSR count). The standard InChI is InChI=1S/C9H20N2O2/c1-4-7-8-10-13-9(12)11(5-2)6-3/h10H,4-8H2,1-3H3. The molecule has 0 unspecified atom stereocenters. The molecule has 0 spiro atoms. The fraction of sp³-hybridized carbons (Fsp3) is 0.889. The summed E-state index contributed by atoms with van der Waals surface area (Å²) in [5, 5.41) is 0. The van der Waals surface area contributed by atoms with Crippen LogP contribution in [0.5, 0.6) is 0 Å². The molecule has 1 amide bonds. The summed E-state index contributed by atoms with van der Waals surface area (Å²) in [6.07, 6.45) is 1.82. The summed E-state index contributed by atoms with van der Waals surface area (Å²) >= 11 is 0. The molecule has 0 aromatic heterocycles. The third-order valence-corrected chi connectivity index (χ3v) is 1.81. The van der Waals surface area contributed by atoms with Crippen molar-refractivity contribution < 1.29 is 9.63 Å². The minimum absolute atomic E-state index is 0.291. The molecule has 0 heterocycles. The summed E-state index contributed by atoms with van der Waals surface area (Å²) < 4.78 is 0. The van der Waals surface area contributed by atoms with Gasteiger partial charge < -0.3 is 9.74 Å². The van der Waals surface area contributed by atoms with E-state index in [-0.39, 0.29) is 6.09 Å². The number of nitrogens with zero attached hydrogens (tertiary/aromatic N) is 1. The molecule has 4 nitrogen and oxygen atoms in total. The van der Waals surface area contributed by atoms with Gasteiger partial charge in [-0.05, 0) is 20.3 Å². The molecule has 0 aliphatic rings. The predicted molar refractivity (Wildman–Crippen MR) is 52.3 cm³/mol. The molecule has 0 aromatic carbocycles. The maximum absolute atomic E-state index is 11.2. The lowest BCUT2D eigenvalue weighted by Gasteiger charge is -2.17. The molecule has 4 heteroatoms. The van der Waals surface area contributed by atoms with Crippen LogP contribution >= 0.6 is 0 Å². The molecule has 0 aliphatic heterocycles. The third kappa shape index (κ3) is 5.47. The summed E-state index contributed by atoms with van der Waals surface area (Å²) in [7, 11) is 0. The molecular weight excluding hydrogens is 168 g/mol. The van der Waals surface area contributed by atoms with Gasteiger partial charge in [0.25, 0.3) is 0 Å². The van der Waals surface area contributed by atoms with E-state index in [1.54, 1.807) is 4.90 Å². The van der Waals surface area contributed by atoms with Crippen LogP contribution in [0.3, 0.4) is 0 Å². The Bertz CT molecular complexity index is 136. The Morgan fingerprint density at radius 3 is 2.38 bits per heavy atom. The molecule has 0 aliphatic carbocycles. The molecule has 1 N–H and O–H groups in total. The van der Waals surface area contributed by atoms with Crippen LogP contribution in [-0.2, 0) is 4.84 Å². The van der Waals surface area contributed by atoms with Gasteiger partial charge in [0.1, 0.15) is 0 Å². The average Bonchev–Trinajstić information content (AvgIpc) is 2.14. The van der Waals surface area contributed by atoms with Gasteiger partial charge in [0.05, 0.1) is 0 Å². The van der Waals surface area contributed by atoms with Gasteiger partial charge in [-0.1, -0.05) is 13.3 Å². The largest absolute Gasteiger partial charge is 0.428 e. The first-order valence-corrected chi connectivity index (χ1v) is 4.94. The van der Waals surface area contributed by atoms with E-state index in [2.05, 4.69) is 12.4 Å². The number of amides is 1. The maximum Gasteiger partial charge on any atom is 0.428 e. The van der Waals surface area contributed by atoms with Crippen LogP contribution in [0.15, 0.2) is 0 Å². The quantitative estimate of drug-likeness (QED) is 0.510. The second kappa shape index (κ2) is 7.86.